The molecule has 0 unspecified atom stereocenters. The van der Waals surface area contributed by atoms with Crippen LogP contribution in [0.4, 0.5) is 0 Å². The van der Waals surface area contributed by atoms with Gasteiger partial charge in [0.05, 0.1) is 18.8 Å². The van der Waals surface area contributed by atoms with Gasteiger partial charge in [-0.3, -0.25) is 4.79 Å². The predicted molar refractivity (Wildman–Crippen MR) is 96.2 cm³/mol. The number of carboxylic acids is 1. The van der Waals surface area contributed by atoms with Gasteiger partial charge in [0.25, 0.3) is 0 Å². The lowest BCUT2D eigenvalue weighted by atomic mass is 10.1. The van der Waals surface area contributed by atoms with E-state index in [9.17, 15) is 14.7 Å². The van der Waals surface area contributed by atoms with E-state index in [0.717, 1.165) is 14.4 Å². The van der Waals surface area contributed by atoms with E-state index in [1.54, 1.807) is 17.8 Å². The summed E-state index contributed by atoms with van der Waals surface area (Å²) in [6, 6.07) is 4.66. The Morgan fingerprint density at radius 3 is 2.64 bits per heavy atom. The Morgan fingerprint density at radius 2 is 2.00 bits per heavy atom. The molecular weight excluding hydrogens is 382 g/mol. The Kier molecular flexibility index (Phi) is 7.53. The molecular formula is C15H16N3O4S3-. The molecule has 0 aliphatic heterocycles. The van der Waals surface area contributed by atoms with Crippen LogP contribution in [0, 0.1) is 0 Å². The van der Waals surface area contributed by atoms with E-state index in [4.69, 9.17) is 4.74 Å². The molecule has 0 atom stereocenters. The van der Waals surface area contributed by atoms with E-state index in [-0.39, 0.29) is 29.5 Å². The number of hydrogen-bond acceptors (Lipinski definition) is 9. The second-order valence-electron chi connectivity index (χ2n) is 4.65. The average Bonchev–Trinajstić information content (AvgIpc) is 3.05. The van der Waals surface area contributed by atoms with E-state index in [2.05, 4.69) is 15.5 Å². The molecule has 0 aliphatic rings. The van der Waals surface area contributed by atoms with Gasteiger partial charge in [0.2, 0.25) is 5.91 Å². The first kappa shape index (κ1) is 19.5. The van der Waals surface area contributed by atoms with Crippen LogP contribution in [0.1, 0.15) is 22.8 Å². The number of carboxylic acid groups (broad SMARTS) is 1. The number of aromatic nitrogens is 2. The molecule has 7 nitrogen and oxygen atoms in total. The number of ether oxygens (including phenoxy) is 1. The molecule has 1 heterocycles. The van der Waals surface area contributed by atoms with Crippen LogP contribution in [-0.4, -0.2) is 40.7 Å². The summed E-state index contributed by atoms with van der Waals surface area (Å²) in [4.78, 5) is 23.0. The minimum absolute atomic E-state index is 0.0431. The Bertz CT molecular complexity index is 751. The van der Waals surface area contributed by atoms with Gasteiger partial charge in [-0.2, -0.15) is 0 Å². The maximum absolute atomic E-state index is 11.9. The van der Waals surface area contributed by atoms with Crippen LogP contribution in [0.25, 0.3) is 0 Å². The first-order valence-electron chi connectivity index (χ1n) is 7.27. The predicted octanol–water partition coefficient (Wildman–Crippen LogP) is 1.43. The average molecular weight is 399 g/mol. The molecule has 2 aromatic rings. The zero-order valence-electron chi connectivity index (χ0n) is 13.6. The lowest BCUT2D eigenvalue weighted by Crippen LogP contribution is -2.26. The molecule has 0 aliphatic carbocycles. The number of thioether (sulfide) groups is 2. The van der Waals surface area contributed by atoms with Crippen LogP contribution >= 0.6 is 34.9 Å². The highest BCUT2D eigenvalue weighted by Gasteiger charge is 2.09. The Labute approximate surface area is 157 Å². The molecule has 2 rings (SSSR count). The number of amides is 1. The summed E-state index contributed by atoms with van der Waals surface area (Å²) in [6.45, 7) is 2.26. The van der Waals surface area contributed by atoms with E-state index in [0.29, 0.717) is 5.56 Å². The summed E-state index contributed by atoms with van der Waals surface area (Å²) >= 11 is 4.39. The van der Waals surface area contributed by atoms with Gasteiger partial charge in [-0.25, -0.2) is 0 Å². The molecule has 1 aromatic carbocycles. The van der Waals surface area contributed by atoms with E-state index >= 15 is 0 Å². The smallest absolute Gasteiger partial charge is 0.230 e. The molecule has 0 spiro atoms. The highest BCUT2D eigenvalue weighted by atomic mass is 32.2. The number of aromatic carboxylic acids is 1. The molecule has 1 N–H and O–H groups in total. The van der Waals surface area contributed by atoms with Gasteiger partial charge in [-0.15, -0.1) is 10.2 Å². The van der Waals surface area contributed by atoms with Gasteiger partial charge in [0.15, 0.2) is 8.68 Å². The normalized spacial score (nSPS) is 10.5. The van der Waals surface area contributed by atoms with Crippen molar-refractivity contribution in [2.24, 2.45) is 0 Å². The fourth-order valence-corrected chi connectivity index (χ4v) is 4.59. The summed E-state index contributed by atoms with van der Waals surface area (Å²) in [6.07, 6.45) is 0. The van der Waals surface area contributed by atoms with Gasteiger partial charge in [0, 0.05) is 12.1 Å². The molecule has 0 saturated heterocycles. The van der Waals surface area contributed by atoms with Crippen LogP contribution in [-0.2, 0) is 11.3 Å². The zero-order valence-corrected chi connectivity index (χ0v) is 16.1. The lowest BCUT2D eigenvalue weighted by Gasteiger charge is -2.12. The van der Waals surface area contributed by atoms with E-state index < -0.39 is 5.97 Å². The summed E-state index contributed by atoms with van der Waals surface area (Å²) in [5, 5.41) is 21.9. The summed E-state index contributed by atoms with van der Waals surface area (Å²) in [7, 11) is 1.39. The largest absolute Gasteiger partial charge is 0.545 e. The molecule has 0 radical (unpaired) electrons. The molecule has 134 valence electrons. The molecule has 10 heteroatoms. The molecule has 0 saturated carbocycles. The third kappa shape index (κ3) is 5.91. The van der Waals surface area contributed by atoms with Gasteiger partial charge in [0.1, 0.15) is 5.75 Å². The number of benzene rings is 1. The van der Waals surface area contributed by atoms with Crippen molar-refractivity contribution < 1.29 is 19.4 Å². The maximum Gasteiger partial charge on any atom is 0.230 e. The van der Waals surface area contributed by atoms with Crippen molar-refractivity contribution in [2.45, 2.75) is 22.1 Å². The van der Waals surface area contributed by atoms with Crippen molar-refractivity contribution in [3.05, 3.63) is 29.3 Å². The van der Waals surface area contributed by atoms with Gasteiger partial charge in [-0.05, 0) is 23.4 Å². The molecule has 0 fully saturated rings. The van der Waals surface area contributed by atoms with E-state index in [1.165, 1.54) is 42.3 Å². The van der Waals surface area contributed by atoms with Crippen LogP contribution in [0.15, 0.2) is 26.9 Å². The number of hydrogen-bond donors (Lipinski definition) is 1. The van der Waals surface area contributed by atoms with Gasteiger partial charge >= 0.3 is 0 Å². The topological polar surface area (TPSA) is 104 Å². The highest BCUT2D eigenvalue weighted by Crippen LogP contribution is 2.28. The van der Waals surface area contributed by atoms with Gasteiger partial charge in [-0.1, -0.05) is 47.9 Å². The number of rotatable bonds is 9. The first-order valence-corrected chi connectivity index (χ1v) is 10.1. The quantitative estimate of drug-likeness (QED) is 0.633. The monoisotopic (exact) mass is 398 g/mol. The van der Waals surface area contributed by atoms with Crippen molar-refractivity contribution in [2.75, 3.05) is 18.6 Å². The van der Waals surface area contributed by atoms with Crippen molar-refractivity contribution in [1.82, 2.24) is 15.5 Å². The van der Waals surface area contributed by atoms with Crippen molar-refractivity contribution in [1.29, 1.82) is 0 Å². The molecule has 1 aromatic heterocycles. The minimum atomic E-state index is -1.32. The number of nitrogens with one attached hydrogen (secondary N) is 1. The van der Waals surface area contributed by atoms with Crippen LogP contribution in [0.3, 0.4) is 0 Å². The fraction of sp³-hybridized carbons (Fsp3) is 0.333. The second-order valence-corrected chi connectivity index (χ2v) is 8.37. The third-order valence-corrected chi connectivity index (χ3v) is 6.03. The number of methoxy groups -OCH3 is 1. The SMILES string of the molecule is CCSc1nnc(SCC(=O)NCc2ccc(OC)c(C(=O)[O-])c2)s1. The van der Waals surface area contributed by atoms with Crippen molar-refractivity contribution >= 4 is 46.7 Å². The maximum atomic E-state index is 11.9. The number of carbonyl (C=O) groups excluding carboxylic acids is 2. The van der Waals surface area contributed by atoms with Crippen molar-refractivity contribution in [3.63, 3.8) is 0 Å². The highest BCUT2D eigenvalue weighted by molar-refractivity contribution is 8.03. The second kappa shape index (κ2) is 9.64. The lowest BCUT2D eigenvalue weighted by molar-refractivity contribution is -0.255. The van der Waals surface area contributed by atoms with Crippen LogP contribution < -0.4 is 15.2 Å². The first-order chi connectivity index (χ1) is 12.0. The molecule has 1 amide bonds. The van der Waals surface area contributed by atoms with Crippen LogP contribution in [0.5, 0.6) is 5.75 Å². The summed E-state index contributed by atoms with van der Waals surface area (Å²) in [5.41, 5.74) is 0.606. The Morgan fingerprint density at radius 1 is 1.28 bits per heavy atom. The third-order valence-electron chi connectivity index (χ3n) is 2.96. The minimum Gasteiger partial charge on any atom is -0.545 e. The Hall–Kier alpha value is -1.78. The van der Waals surface area contributed by atoms with Crippen LogP contribution in [0.2, 0.25) is 0 Å². The van der Waals surface area contributed by atoms with Crippen molar-refractivity contribution in [3.8, 4) is 5.75 Å². The van der Waals surface area contributed by atoms with Gasteiger partial charge < -0.3 is 20.0 Å². The van der Waals surface area contributed by atoms with E-state index in [1.807, 2.05) is 6.92 Å². The summed E-state index contributed by atoms with van der Waals surface area (Å²) in [5.74, 6) is -0.124. The zero-order chi connectivity index (χ0) is 18.2. The Balaban J connectivity index is 1.85. The molecule has 25 heavy (non-hydrogen) atoms. The standard InChI is InChI=1S/C15H17N3O4S3/c1-3-23-14-17-18-15(25-14)24-8-12(19)16-7-9-4-5-11(22-2)10(6-9)13(20)21/h4-6H,3,7-8H2,1-2H3,(H,16,19)(H,20,21)/p-1. The molecule has 0 bridgehead atoms. The number of nitrogens with zero attached hydrogens (tertiary/aromatic N) is 2. The number of carbonyl (C=O) groups is 2. The fourth-order valence-electron chi connectivity index (χ4n) is 1.84. The summed E-state index contributed by atoms with van der Waals surface area (Å²) < 4.78 is 6.60.